The molecule has 4 nitrogen and oxygen atoms in total. The van der Waals surface area contributed by atoms with Crippen LogP contribution in [0, 0.1) is 0 Å². The number of hydrogen-bond acceptors (Lipinski definition) is 3. The first-order valence-corrected chi connectivity index (χ1v) is 10.6. The molecule has 1 aromatic carbocycles. The molecule has 2 aliphatic heterocycles. The molecule has 0 spiro atoms. The molecule has 1 N–H and O–H groups in total. The van der Waals surface area contributed by atoms with Crippen LogP contribution in [0.1, 0.15) is 35.8 Å². The number of carbonyl (C=O) groups excluding carboxylic acids is 1. The second kappa shape index (κ2) is 7.42. The Labute approximate surface area is 153 Å². The summed E-state index contributed by atoms with van der Waals surface area (Å²) in [7, 11) is 0. The number of likely N-dealkylation sites (tertiary alicyclic amines) is 1. The Morgan fingerprint density at radius 1 is 1.16 bits per heavy atom. The number of carbonyl (C=O) groups is 1. The van der Waals surface area contributed by atoms with E-state index in [0.29, 0.717) is 6.04 Å². The maximum Gasteiger partial charge on any atom is 0.270 e. The number of fused-ring (bicyclic) bond motifs is 1. The minimum Gasteiger partial charge on any atom is -0.350 e. The van der Waals surface area contributed by atoms with Gasteiger partial charge in [-0.15, -0.1) is 0 Å². The molecule has 2 aliphatic rings. The van der Waals surface area contributed by atoms with Gasteiger partial charge in [0.15, 0.2) is 0 Å². The van der Waals surface area contributed by atoms with Gasteiger partial charge in [-0.1, -0.05) is 25.1 Å². The van der Waals surface area contributed by atoms with E-state index in [1.54, 1.807) is 0 Å². The number of aromatic nitrogens is 1. The van der Waals surface area contributed by atoms with E-state index in [9.17, 15) is 4.79 Å². The molecular formula is C20H27N3OS. The molecule has 25 heavy (non-hydrogen) atoms. The number of amides is 1. The van der Waals surface area contributed by atoms with Gasteiger partial charge in [-0.2, -0.15) is 11.8 Å². The molecule has 2 saturated heterocycles. The number of para-hydroxylation sites is 1. The summed E-state index contributed by atoms with van der Waals surface area (Å²) in [6.45, 7) is 6.32. The third-order valence-corrected chi connectivity index (χ3v) is 6.64. The first kappa shape index (κ1) is 17.0. The maximum absolute atomic E-state index is 13.1. The average molecular weight is 358 g/mol. The largest absolute Gasteiger partial charge is 0.350 e. The summed E-state index contributed by atoms with van der Waals surface area (Å²) in [4.78, 5) is 21.2. The third kappa shape index (κ3) is 3.32. The zero-order valence-electron chi connectivity index (χ0n) is 15.0. The highest BCUT2D eigenvalue weighted by atomic mass is 32.2. The van der Waals surface area contributed by atoms with Gasteiger partial charge in [0.25, 0.3) is 5.91 Å². The van der Waals surface area contributed by atoms with Crippen LogP contribution in [0.2, 0.25) is 0 Å². The van der Waals surface area contributed by atoms with Crippen LogP contribution in [0.15, 0.2) is 24.3 Å². The Kier molecular flexibility index (Phi) is 5.04. The van der Waals surface area contributed by atoms with Crippen molar-refractivity contribution in [3.05, 3.63) is 35.5 Å². The van der Waals surface area contributed by atoms with E-state index in [-0.39, 0.29) is 5.91 Å². The van der Waals surface area contributed by atoms with E-state index in [1.165, 1.54) is 30.0 Å². The number of aryl methyl sites for hydroxylation is 1. The van der Waals surface area contributed by atoms with Crippen molar-refractivity contribution in [3.63, 3.8) is 0 Å². The predicted octanol–water partition coefficient (Wildman–Crippen LogP) is 3.38. The van der Waals surface area contributed by atoms with E-state index in [1.807, 2.05) is 12.1 Å². The molecule has 5 heteroatoms. The fourth-order valence-electron chi connectivity index (χ4n) is 4.28. The number of rotatable bonds is 3. The van der Waals surface area contributed by atoms with Gasteiger partial charge in [0.05, 0.1) is 0 Å². The number of nitrogens with one attached hydrogen (secondary N) is 1. The molecule has 2 aromatic rings. The average Bonchev–Trinajstić information content (AvgIpc) is 3.07. The van der Waals surface area contributed by atoms with E-state index >= 15 is 0 Å². The molecule has 0 radical (unpaired) electrons. The molecule has 0 bridgehead atoms. The minimum atomic E-state index is 0.181. The molecule has 3 heterocycles. The lowest BCUT2D eigenvalue weighted by Gasteiger charge is -2.40. The van der Waals surface area contributed by atoms with Crippen molar-refractivity contribution in [1.82, 2.24) is 14.8 Å². The topological polar surface area (TPSA) is 39.3 Å². The van der Waals surface area contributed by atoms with Gasteiger partial charge in [-0.25, -0.2) is 0 Å². The van der Waals surface area contributed by atoms with Crippen LogP contribution < -0.4 is 0 Å². The van der Waals surface area contributed by atoms with E-state index < -0.39 is 0 Å². The molecule has 134 valence electrons. The third-order valence-electron chi connectivity index (χ3n) is 5.69. The lowest BCUT2D eigenvalue weighted by molar-refractivity contribution is 0.0625. The summed E-state index contributed by atoms with van der Waals surface area (Å²) in [5.74, 6) is 2.70. The van der Waals surface area contributed by atoms with Crippen molar-refractivity contribution in [2.45, 2.75) is 32.2 Å². The standard InChI is InChI=1S/C20H27N3OS/c1-2-16-17-5-3-4-6-18(17)21-19(16)20(24)23-9-7-15(8-10-23)22-11-13-25-14-12-22/h3-6,15,21H,2,7-14H2,1H3. The molecule has 0 saturated carbocycles. The highest BCUT2D eigenvalue weighted by Gasteiger charge is 2.29. The predicted molar refractivity (Wildman–Crippen MR) is 106 cm³/mol. The lowest BCUT2D eigenvalue weighted by atomic mass is 10.0. The van der Waals surface area contributed by atoms with Crippen molar-refractivity contribution < 1.29 is 4.79 Å². The Morgan fingerprint density at radius 3 is 2.60 bits per heavy atom. The van der Waals surface area contributed by atoms with E-state index in [0.717, 1.165) is 49.1 Å². The summed E-state index contributed by atoms with van der Waals surface area (Å²) in [6.07, 6.45) is 3.10. The van der Waals surface area contributed by atoms with Gasteiger partial charge in [-0.05, 0) is 30.9 Å². The number of benzene rings is 1. The van der Waals surface area contributed by atoms with Crippen LogP contribution in [0.5, 0.6) is 0 Å². The van der Waals surface area contributed by atoms with Crippen LogP contribution in [0.3, 0.4) is 0 Å². The summed E-state index contributed by atoms with van der Waals surface area (Å²) >= 11 is 2.06. The SMILES string of the molecule is CCc1c(C(=O)N2CCC(N3CCSCC3)CC2)[nH]c2ccccc12. The van der Waals surface area contributed by atoms with E-state index in [2.05, 4.69) is 45.6 Å². The molecule has 1 aromatic heterocycles. The molecule has 0 unspecified atom stereocenters. The normalized spacial score (nSPS) is 20.3. The van der Waals surface area contributed by atoms with Gasteiger partial charge in [-0.3, -0.25) is 9.69 Å². The molecule has 2 fully saturated rings. The van der Waals surface area contributed by atoms with Gasteiger partial charge in [0.1, 0.15) is 5.69 Å². The number of hydrogen-bond donors (Lipinski definition) is 1. The second-order valence-electron chi connectivity index (χ2n) is 7.05. The Hall–Kier alpha value is -1.46. The Morgan fingerprint density at radius 2 is 1.88 bits per heavy atom. The van der Waals surface area contributed by atoms with Gasteiger partial charge < -0.3 is 9.88 Å². The van der Waals surface area contributed by atoms with Crippen LogP contribution in [0.25, 0.3) is 10.9 Å². The van der Waals surface area contributed by atoms with Gasteiger partial charge in [0, 0.05) is 54.6 Å². The smallest absolute Gasteiger partial charge is 0.270 e. The highest BCUT2D eigenvalue weighted by molar-refractivity contribution is 7.99. The van der Waals surface area contributed by atoms with Crippen molar-refractivity contribution in [2.75, 3.05) is 37.7 Å². The Balaban J connectivity index is 1.47. The van der Waals surface area contributed by atoms with Crippen molar-refractivity contribution in [3.8, 4) is 0 Å². The first-order valence-electron chi connectivity index (χ1n) is 9.48. The number of piperidine rings is 1. The van der Waals surface area contributed by atoms with E-state index in [4.69, 9.17) is 0 Å². The Bertz CT molecular complexity index is 742. The number of thioether (sulfide) groups is 1. The van der Waals surface area contributed by atoms with Crippen LogP contribution in [-0.2, 0) is 6.42 Å². The molecule has 1 amide bonds. The molecule has 0 atom stereocenters. The molecule has 0 aliphatic carbocycles. The number of H-pyrrole nitrogens is 1. The van der Waals surface area contributed by atoms with Crippen molar-refractivity contribution in [2.24, 2.45) is 0 Å². The van der Waals surface area contributed by atoms with Crippen molar-refractivity contribution in [1.29, 1.82) is 0 Å². The zero-order chi connectivity index (χ0) is 17.2. The summed E-state index contributed by atoms with van der Waals surface area (Å²) < 4.78 is 0. The zero-order valence-corrected chi connectivity index (χ0v) is 15.8. The van der Waals surface area contributed by atoms with Crippen LogP contribution >= 0.6 is 11.8 Å². The van der Waals surface area contributed by atoms with Crippen LogP contribution in [0.4, 0.5) is 0 Å². The molecular weight excluding hydrogens is 330 g/mol. The minimum absolute atomic E-state index is 0.181. The summed E-state index contributed by atoms with van der Waals surface area (Å²) in [5, 5.41) is 1.19. The summed E-state index contributed by atoms with van der Waals surface area (Å²) in [5.41, 5.74) is 3.04. The van der Waals surface area contributed by atoms with Gasteiger partial charge in [0.2, 0.25) is 0 Å². The molecule has 4 rings (SSSR count). The maximum atomic E-state index is 13.1. The van der Waals surface area contributed by atoms with Crippen molar-refractivity contribution >= 4 is 28.6 Å². The number of nitrogens with zero attached hydrogens (tertiary/aromatic N) is 2. The number of aromatic amines is 1. The lowest BCUT2D eigenvalue weighted by Crippen LogP contribution is -2.49. The quantitative estimate of drug-likeness (QED) is 0.915. The van der Waals surface area contributed by atoms with Gasteiger partial charge >= 0.3 is 0 Å². The fourth-order valence-corrected chi connectivity index (χ4v) is 5.22. The summed E-state index contributed by atoms with van der Waals surface area (Å²) in [6, 6.07) is 8.91. The highest BCUT2D eigenvalue weighted by Crippen LogP contribution is 2.26. The second-order valence-corrected chi connectivity index (χ2v) is 8.27. The van der Waals surface area contributed by atoms with Crippen LogP contribution in [-0.4, -0.2) is 64.4 Å². The first-order chi connectivity index (χ1) is 12.3. The fraction of sp³-hybridized carbons (Fsp3) is 0.550. The monoisotopic (exact) mass is 357 g/mol.